The monoisotopic (exact) mass is 530 g/mol. The summed E-state index contributed by atoms with van der Waals surface area (Å²) in [4.78, 5) is 31.3. The van der Waals surface area contributed by atoms with E-state index < -0.39 is 34.4 Å². The van der Waals surface area contributed by atoms with Crippen LogP contribution in [0.5, 0.6) is 0 Å². The first-order chi connectivity index (χ1) is 18.8. The standard InChI is InChI=1S/C29H21F3N4O3/c30-19-6-7-25(23(31)11-19)36-16-22(29(38)39)27(37)21-12-24(32)26(33-28(21)36)18-10-20-15-34(8-9-35(20)14-18)13-17-4-2-1-3-5-17/h1-7,10-12,14,16H,8-9,13,15H2,(H,38,39). The Balaban J connectivity index is 1.45. The van der Waals surface area contributed by atoms with Gasteiger partial charge in [-0.25, -0.2) is 22.9 Å². The van der Waals surface area contributed by atoms with E-state index in [9.17, 15) is 23.5 Å². The molecular formula is C29H21F3N4O3. The molecule has 4 heterocycles. The first-order valence-electron chi connectivity index (χ1n) is 12.2. The maximum Gasteiger partial charge on any atom is 0.341 e. The van der Waals surface area contributed by atoms with Gasteiger partial charge in [-0.1, -0.05) is 30.3 Å². The van der Waals surface area contributed by atoms with E-state index in [1.807, 2.05) is 28.8 Å². The van der Waals surface area contributed by atoms with Crippen LogP contribution in [-0.2, 0) is 19.6 Å². The fourth-order valence-corrected chi connectivity index (χ4v) is 5.00. The summed E-state index contributed by atoms with van der Waals surface area (Å²) in [6, 6.07) is 15.5. The van der Waals surface area contributed by atoms with Crippen LogP contribution >= 0.6 is 0 Å². The van der Waals surface area contributed by atoms with Crippen LogP contribution in [0, 0.1) is 17.5 Å². The summed E-state index contributed by atoms with van der Waals surface area (Å²) in [5.74, 6) is -4.22. The summed E-state index contributed by atoms with van der Waals surface area (Å²) in [7, 11) is 0. The van der Waals surface area contributed by atoms with Crippen molar-refractivity contribution < 1.29 is 23.1 Å². The molecule has 1 aliphatic rings. The van der Waals surface area contributed by atoms with Crippen molar-refractivity contribution in [1.82, 2.24) is 19.0 Å². The summed E-state index contributed by atoms with van der Waals surface area (Å²) in [6.45, 7) is 2.89. The minimum atomic E-state index is -1.57. The van der Waals surface area contributed by atoms with E-state index in [0.29, 0.717) is 24.7 Å². The molecule has 7 nitrogen and oxygen atoms in total. The Bertz CT molecular complexity index is 1810. The summed E-state index contributed by atoms with van der Waals surface area (Å²) < 4.78 is 46.8. The molecular weight excluding hydrogens is 509 g/mol. The molecule has 1 aliphatic heterocycles. The third-order valence-electron chi connectivity index (χ3n) is 6.88. The van der Waals surface area contributed by atoms with E-state index in [1.165, 1.54) is 5.56 Å². The molecule has 0 atom stereocenters. The maximum absolute atomic E-state index is 15.4. The fraction of sp³-hybridized carbons (Fsp3) is 0.138. The number of carbonyl (C=O) groups is 1. The van der Waals surface area contributed by atoms with Crippen molar-refractivity contribution in [3.05, 3.63) is 118 Å². The molecule has 39 heavy (non-hydrogen) atoms. The Morgan fingerprint density at radius 2 is 1.74 bits per heavy atom. The van der Waals surface area contributed by atoms with E-state index in [2.05, 4.69) is 22.0 Å². The van der Waals surface area contributed by atoms with E-state index in [1.54, 1.807) is 6.20 Å². The molecule has 6 rings (SSSR count). The molecule has 1 N–H and O–H groups in total. The number of nitrogens with zero attached hydrogens (tertiary/aromatic N) is 4. The van der Waals surface area contributed by atoms with Gasteiger partial charge in [0.25, 0.3) is 0 Å². The van der Waals surface area contributed by atoms with Crippen LogP contribution in [0.15, 0.2) is 77.9 Å². The second-order valence-corrected chi connectivity index (χ2v) is 9.44. The lowest BCUT2D eigenvalue weighted by molar-refractivity contribution is 0.0695. The molecule has 2 aromatic carbocycles. The Morgan fingerprint density at radius 1 is 0.949 bits per heavy atom. The number of carboxylic acid groups (broad SMARTS) is 1. The number of aromatic carboxylic acids is 1. The van der Waals surface area contributed by atoms with Crippen molar-refractivity contribution in [3.8, 4) is 16.9 Å². The molecule has 0 bridgehead atoms. The van der Waals surface area contributed by atoms with E-state index in [0.717, 1.165) is 47.7 Å². The van der Waals surface area contributed by atoms with Crippen LogP contribution in [0.2, 0.25) is 0 Å². The van der Waals surface area contributed by atoms with E-state index in [-0.39, 0.29) is 22.4 Å². The number of carboxylic acids is 1. The topological polar surface area (TPSA) is 80.4 Å². The smallest absolute Gasteiger partial charge is 0.341 e. The molecule has 0 aliphatic carbocycles. The number of halogens is 3. The second-order valence-electron chi connectivity index (χ2n) is 9.44. The van der Waals surface area contributed by atoms with Gasteiger partial charge in [-0.05, 0) is 29.8 Å². The third kappa shape index (κ3) is 4.48. The van der Waals surface area contributed by atoms with Gasteiger partial charge in [-0.3, -0.25) is 14.3 Å². The number of pyridine rings is 2. The number of fused-ring (bicyclic) bond motifs is 2. The lowest BCUT2D eigenvalue weighted by Crippen LogP contribution is -2.32. The number of aromatic nitrogens is 3. The van der Waals surface area contributed by atoms with Gasteiger partial charge in [0.15, 0.2) is 0 Å². The first kappa shape index (κ1) is 24.6. The van der Waals surface area contributed by atoms with Crippen molar-refractivity contribution in [2.75, 3.05) is 6.54 Å². The SMILES string of the molecule is O=C(O)c1cn(-c2ccc(F)cc2F)c2nc(-c3cc4n(c3)CCN(Cc3ccccc3)C4)c(F)cc2c1=O. The zero-order chi connectivity index (χ0) is 27.3. The Kier molecular flexibility index (Phi) is 6.03. The normalized spacial score (nSPS) is 13.5. The van der Waals surface area contributed by atoms with E-state index in [4.69, 9.17) is 0 Å². The van der Waals surface area contributed by atoms with Crippen molar-refractivity contribution in [2.24, 2.45) is 0 Å². The van der Waals surface area contributed by atoms with Crippen molar-refractivity contribution in [2.45, 2.75) is 19.6 Å². The summed E-state index contributed by atoms with van der Waals surface area (Å²) in [5, 5.41) is 9.20. The Morgan fingerprint density at radius 3 is 2.49 bits per heavy atom. The highest BCUT2D eigenvalue weighted by Gasteiger charge is 2.23. The highest BCUT2D eigenvalue weighted by Crippen LogP contribution is 2.29. The number of benzene rings is 2. The molecule has 0 fully saturated rings. The number of hydrogen-bond acceptors (Lipinski definition) is 4. The highest BCUT2D eigenvalue weighted by atomic mass is 19.1. The van der Waals surface area contributed by atoms with Gasteiger partial charge in [0.1, 0.15) is 34.4 Å². The number of rotatable bonds is 5. The van der Waals surface area contributed by atoms with Crippen LogP contribution in [0.3, 0.4) is 0 Å². The molecule has 0 saturated carbocycles. The fourth-order valence-electron chi connectivity index (χ4n) is 5.00. The Labute approximate surface area is 220 Å². The van der Waals surface area contributed by atoms with Gasteiger partial charge >= 0.3 is 5.97 Å². The summed E-state index contributed by atoms with van der Waals surface area (Å²) in [6.07, 6.45) is 2.70. The molecule has 0 unspecified atom stereocenters. The zero-order valence-electron chi connectivity index (χ0n) is 20.4. The maximum atomic E-state index is 15.4. The lowest BCUT2D eigenvalue weighted by atomic mass is 10.1. The predicted molar refractivity (Wildman–Crippen MR) is 138 cm³/mol. The average Bonchev–Trinajstić information content (AvgIpc) is 3.33. The highest BCUT2D eigenvalue weighted by molar-refractivity contribution is 5.92. The van der Waals surface area contributed by atoms with Crippen LogP contribution in [0.4, 0.5) is 13.2 Å². The molecule has 0 amide bonds. The van der Waals surface area contributed by atoms with Gasteiger partial charge in [0, 0.05) is 55.9 Å². The average molecular weight is 531 g/mol. The molecule has 5 aromatic rings. The van der Waals surface area contributed by atoms with Crippen LogP contribution in [0.25, 0.3) is 28.0 Å². The van der Waals surface area contributed by atoms with Crippen molar-refractivity contribution in [3.63, 3.8) is 0 Å². The molecule has 0 saturated heterocycles. The van der Waals surface area contributed by atoms with Crippen LogP contribution in [0.1, 0.15) is 21.6 Å². The zero-order valence-corrected chi connectivity index (χ0v) is 20.4. The molecule has 3 aromatic heterocycles. The summed E-state index contributed by atoms with van der Waals surface area (Å²) in [5.41, 5.74) is 0.497. The first-order valence-corrected chi connectivity index (χ1v) is 12.2. The van der Waals surface area contributed by atoms with Crippen LogP contribution < -0.4 is 5.43 Å². The lowest BCUT2D eigenvalue weighted by Gasteiger charge is -2.28. The van der Waals surface area contributed by atoms with Gasteiger partial charge in [0.05, 0.1) is 11.1 Å². The quantitative estimate of drug-likeness (QED) is 0.347. The number of hydrogen-bond donors (Lipinski definition) is 1. The van der Waals surface area contributed by atoms with E-state index >= 15 is 4.39 Å². The molecule has 0 radical (unpaired) electrons. The summed E-state index contributed by atoms with van der Waals surface area (Å²) >= 11 is 0. The van der Waals surface area contributed by atoms with Gasteiger partial charge in [-0.15, -0.1) is 0 Å². The van der Waals surface area contributed by atoms with Gasteiger partial charge in [0.2, 0.25) is 5.43 Å². The van der Waals surface area contributed by atoms with Crippen LogP contribution in [-0.4, -0.2) is 36.6 Å². The molecule has 0 spiro atoms. The Hall–Kier alpha value is -4.70. The minimum absolute atomic E-state index is 0.0715. The van der Waals surface area contributed by atoms with Gasteiger partial charge < -0.3 is 9.67 Å². The third-order valence-corrected chi connectivity index (χ3v) is 6.88. The van der Waals surface area contributed by atoms with Crippen molar-refractivity contribution in [1.29, 1.82) is 0 Å². The molecule has 196 valence electrons. The predicted octanol–water partition coefficient (Wildman–Crippen LogP) is 4.99. The minimum Gasteiger partial charge on any atom is -0.477 e. The second kappa shape index (κ2) is 9.55. The molecule has 10 heteroatoms. The van der Waals surface area contributed by atoms with Crippen molar-refractivity contribution >= 4 is 17.0 Å². The largest absolute Gasteiger partial charge is 0.477 e. The van der Waals surface area contributed by atoms with Gasteiger partial charge in [-0.2, -0.15) is 0 Å².